The first-order valence-electron chi connectivity index (χ1n) is 7.29. The van der Waals surface area contributed by atoms with Crippen molar-refractivity contribution in [3.05, 3.63) is 43.9 Å². The Kier molecular flexibility index (Phi) is 3.36. The van der Waals surface area contributed by atoms with Crippen LogP contribution in [-0.4, -0.2) is 22.7 Å². The second-order valence-electron chi connectivity index (χ2n) is 6.07. The number of carbonyl (C=O) groups excluding carboxylic acids is 2. The molecule has 0 fully saturated rings. The zero-order valence-corrected chi connectivity index (χ0v) is 14.2. The molecule has 8 heteroatoms. The number of hydrogen-bond acceptors (Lipinski definition) is 7. The van der Waals surface area contributed by atoms with E-state index >= 15 is 0 Å². The number of aromatic nitrogens is 1. The molecule has 24 heavy (non-hydrogen) atoms. The Morgan fingerprint density at radius 2 is 2.25 bits per heavy atom. The highest BCUT2D eigenvalue weighted by molar-refractivity contribution is 7.99. The number of aromatic amines is 1. The Labute approximate surface area is 144 Å². The average Bonchev–Trinajstić information content (AvgIpc) is 2.88. The molecule has 0 aliphatic carbocycles. The number of fused-ring (bicyclic) bond motifs is 5. The fraction of sp³-hybridized carbons (Fsp3) is 0.312. The monoisotopic (exact) mass is 362 g/mol. The van der Waals surface area contributed by atoms with Crippen molar-refractivity contribution in [3.63, 3.8) is 0 Å². The first-order valence-corrected chi connectivity index (χ1v) is 9.09. The predicted octanol–water partition coefficient (Wildman–Crippen LogP) is 1.03. The van der Waals surface area contributed by atoms with Crippen LogP contribution in [0.3, 0.4) is 0 Å². The highest BCUT2D eigenvalue weighted by Crippen LogP contribution is 2.58. The number of benzene rings is 1. The van der Waals surface area contributed by atoms with Crippen molar-refractivity contribution >= 4 is 35.0 Å². The molecule has 124 valence electrons. The normalized spacial score (nSPS) is 24.5. The quantitative estimate of drug-likeness (QED) is 0.633. The molecule has 0 saturated carbocycles. The summed E-state index contributed by atoms with van der Waals surface area (Å²) in [7, 11) is 0. The molecule has 2 aliphatic rings. The SMILES string of the molecule is Cc1ccc2c(c1)[C@@H]1c3sc(=O)[nH]c3SC[C@@]1(CC(=O)[O-])C(=O)O2. The number of esters is 1. The summed E-state index contributed by atoms with van der Waals surface area (Å²) in [5.41, 5.74) is 0.451. The summed E-state index contributed by atoms with van der Waals surface area (Å²) in [5.74, 6) is -1.76. The Hall–Kier alpha value is -2.06. The van der Waals surface area contributed by atoms with Crippen LogP contribution in [0.1, 0.15) is 28.3 Å². The van der Waals surface area contributed by atoms with Crippen LogP contribution in [0.5, 0.6) is 5.75 Å². The lowest BCUT2D eigenvalue weighted by molar-refractivity contribution is -0.308. The molecule has 6 nitrogen and oxygen atoms in total. The van der Waals surface area contributed by atoms with Crippen molar-refractivity contribution in [3.8, 4) is 5.75 Å². The maximum atomic E-state index is 12.7. The molecule has 0 radical (unpaired) electrons. The van der Waals surface area contributed by atoms with E-state index in [1.165, 1.54) is 11.8 Å². The molecule has 0 spiro atoms. The van der Waals surface area contributed by atoms with Crippen molar-refractivity contribution in [2.24, 2.45) is 5.41 Å². The number of thioether (sulfide) groups is 1. The highest BCUT2D eigenvalue weighted by Gasteiger charge is 2.56. The van der Waals surface area contributed by atoms with Crippen LogP contribution in [0.4, 0.5) is 0 Å². The molecule has 3 heterocycles. The van der Waals surface area contributed by atoms with Crippen LogP contribution in [0.2, 0.25) is 0 Å². The maximum Gasteiger partial charge on any atom is 0.319 e. The molecule has 1 aromatic heterocycles. The molecule has 0 saturated heterocycles. The van der Waals surface area contributed by atoms with Crippen LogP contribution < -0.4 is 14.7 Å². The van der Waals surface area contributed by atoms with Gasteiger partial charge in [0.15, 0.2) is 0 Å². The molecule has 1 aromatic carbocycles. The minimum Gasteiger partial charge on any atom is -0.550 e. The number of H-pyrrole nitrogens is 1. The van der Waals surface area contributed by atoms with Gasteiger partial charge in [-0.1, -0.05) is 29.0 Å². The Morgan fingerprint density at radius 3 is 3.00 bits per heavy atom. The van der Waals surface area contributed by atoms with E-state index in [1.807, 2.05) is 19.1 Å². The number of carboxylic acids is 1. The molecule has 2 aliphatic heterocycles. The second kappa shape index (κ2) is 5.22. The molecular weight excluding hydrogens is 350 g/mol. The molecule has 2 atom stereocenters. The van der Waals surface area contributed by atoms with Crippen molar-refractivity contribution < 1.29 is 19.4 Å². The van der Waals surface area contributed by atoms with Crippen LogP contribution >= 0.6 is 23.1 Å². The minimum absolute atomic E-state index is 0.218. The summed E-state index contributed by atoms with van der Waals surface area (Å²) in [6.07, 6.45) is -0.442. The van der Waals surface area contributed by atoms with Gasteiger partial charge in [-0.25, -0.2) is 0 Å². The van der Waals surface area contributed by atoms with E-state index in [1.54, 1.807) is 6.07 Å². The van der Waals surface area contributed by atoms with Crippen molar-refractivity contribution in [1.29, 1.82) is 0 Å². The lowest BCUT2D eigenvalue weighted by Crippen LogP contribution is -2.50. The Morgan fingerprint density at radius 1 is 1.46 bits per heavy atom. The first kappa shape index (κ1) is 15.5. The highest BCUT2D eigenvalue weighted by atomic mass is 32.2. The minimum atomic E-state index is -1.31. The molecule has 0 amide bonds. The van der Waals surface area contributed by atoms with Crippen molar-refractivity contribution in [1.82, 2.24) is 4.98 Å². The third kappa shape index (κ3) is 2.13. The van der Waals surface area contributed by atoms with Gasteiger partial charge < -0.3 is 19.6 Å². The third-order valence-corrected chi connectivity index (χ3v) is 6.82. The zero-order valence-electron chi connectivity index (χ0n) is 12.6. The fourth-order valence-corrected chi connectivity index (χ4v) is 5.99. The Bertz CT molecular complexity index is 931. The van der Waals surface area contributed by atoms with Gasteiger partial charge in [-0.15, -0.1) is 11.8 Å². The molecule has 1 N–H and O–H groups in total. The summed E-state index contributed by atoms with van der Waals surface area (Å²) in [5, 5.41) is 12.1. The Balaban J connectivity index is 2.01. The van der Waals surface area contributed by atoms with Gasteiger partial charge in [0.05, 0.1) is 10.4 Å². The molecule has 0 unspecified atom stereocenters. The molecular formula is C16H12NO5S2-. The molecule has 0 bridgehead atoms. The largest absolute Gasteiger partial charge is 0.550 e. The lowest BCUT2D eigenvalue weighted by atomic mass is 9.68. The van der Waals surface area contributed by atoms with Crippen LogP contribution in [0.15, 0.2) is 28.0 Å². The molecule has 4 rings (SSSR count). The molecule has 2 aromatic rings. The summed E-state index contributed by atoms with van der Waals surface area (Å²) in [4.78, 5) is 39.2. The number of thiazole rings is 1. The topological polar surface area (TPSA) is 99.3 Å². The number of rotatable bonds is 2. The van der Waals surface area contributed by atoms with Gasteiger partial charge in [0.1, 0.15) is 5.75 Å². The van der Waals surface area contributed by atoms with Gasteiger partial charge in [0.25, 0.3) is 0 Å². The standard InChI is InChI=1S/C16H13NO5S2/c1-7-2-3-9-8(4-7)11-12-13(17-15(21)24-12)23-6-16(11,5-10(18)19)14(20)22-9/h2-4,11H,5-6H2,1H3,(H,17,21)(H,18,19)/p-1/t11-,16-/m1/s1. The summed E-state index contributed by atoms with van der Waals surface area (Å²) in [6.45, 7) is 1.91. The zero-order chi connectivity index (χ0) is 17.1. The third-order valence-electron chi connectivity index (χ3n) is 4.48. The summed E-state index contributed by atoms with van der Waals surface area (Å²) < 4.78 is 5.46. The number of ether oxygens (including phenoxy) is 1. The summed E-state index contributed by atoms with van der Waals surface area (Å²) >= 11 is 2.30. The second-order valence-corrected chi connectivity index (χ2v) is 8.07. The van der Waals surface area contributed by atoms with Gasteiger partial charge in [0, 0.05) is 34.5 Å². The van der Waals surface area contributed by atoms with Crippen LogP contribution in [0, 0.1) is 12.3 Å². The number of hydrogen-bond donors (Lipinski definition) is 1. The van der Waals surface area contributed by atoms with Crippen LogP contribution in [-0.2, 0) is 9.59 Å². The van der Waals surface area contributed by atoms with E-state index < -0.39 is 29.7 Å². The average molecular weight is 362 g/mol. The number of carbonyl (C=O) groups is 2. The van der Waals surface area contributed by atoms with Crippen LogP contribution in [0.25, 0.3) is 0 Å². The number of nitrogens with one attached hydrogen (secondary N) is 1. The summed E-state index contributed by atoms with van der Waals surface area (Å²) in [6, 6.07) is 5.43. The number of aryl methyl sites for hydroxylation is 1. The smallest absolute Gasteiger partial charge is 0.319 e. The first-order chi connectivity index (χ1) is 11.4. The number of aliphatic carboxylic acids is 1. The van der Waals surface area contributed by atoms with Crippen molar-refractivity contribution in [2.45, 2.75) is 24.3 Å². The van der Waals surface area contributed by atoms with Gasteiger partial charge >= 0.3 is 10.8 Å². The predicted molar refractivity (Wildman–Crippen MR) is 86.4 cm³/mol. The van der Waals surface area contributed by atoms with Gasteiger partial charge in [0.2, 0.25) is 0 Å². The van der Waals surface area contributed by atoms with E-state index in [9.17, 15) is 19.5 Å². The maximum absolute atomic E-state index is 12.7. The van der Waals surface area contributed by atoms with E-state index in [4.69, 9.17) is 4.74 Å². The lowest BCUT2D eigenvalue weighted by Gasteiger charge is -2.44. The number of carboxylic acid groups (broad SMARTS) is 1. The van der Waals surface area contributed by atoms with Gasteiger partial charge in [-0.3, -0.25) is 9.59 Å². The van der Waals surface area contributed by atoms with E-state index in [-0.39, 0.29) is 10.6 Å². The van der Waals surface area contributed by atoms with E-state index in [2.05, 4.69) is 4.98 Å². The van der Waals surface area contributed by atoms with E-state index in [0.29, 0.717) is 15.7 Å². The van der Waals surface area contributed by atoms with Gasteiger partial charge in [-0.2, -0.15) is 0 Å². The van der Waals surface area contributed by atoms with Gasteiger partial charge in [-0.05, 0) is 13.0 Å². The fourth-order valence-electron chi connectivity index (χ4n) is 3.44. The van der Waals surface area contributed by atoms with E-state index in [0.717, 1.165) is 22.5 Å². The van der Waals surface area contributed by atoms with Crippen molar-refractivity contribution in [2.75, 3.05) is 5.75 Å².